The highest BCUT2D eigenvalue weighted by molar-refractivity contribution is 14.0. The van der Waals surface area contributed by atoms with E-state index in [1.165, 1.54) is 5.56 Å². The average molecular weight is 410 g/mol. The Morgan fingerprint density at radius 3 is 2.95 bits per heavy atom. The van der Waals surface area contributed by atoms with Crippen molar-refractivity contribution in [3.05, 3.63) is 34.9 Å². The van der Waals surface area contributed by atoms with Gasteiger partial charge in [-0.2, -0.15) is 0 Å². The number of hydrogen-bond donors (Lipinski definition) is 2. The van der Waals surface area contributed by atoms with Crippen molar-refractivity contribution in [3.63, 3.8) is 0 Å². The van der Waals surface area contributed by atoms with Crippen LogP contribution in [0.1, 0.15) is 17.9 Å². The number of guanidine groups is 1. The van der Waals surface area contributed by atoms with Gasteiger partial charge < -0.3 is 15.4 Å². The number of nitrogens with one attached hydrogen (secondary N) is 2. The van der Waals surface area contributed by atoms with E-state index in [1.54, 1.807) is 14.2 Å². The fourth-order valence-electron chi connectivity index (χ4n) is 2.10. The molecule has 0 aromatic heterocycles. The van der Waals surface area contributed by atoms with Crippen LogP contribution in [0.15, 0.2) is 29.3 Å². The molecule has 0 aliphatic heterocycles. The fraction of sp³-hybridized carbons (Fsp3) is 0.500. The van der Waals surface area contributed by atoms with Crippen molar-refractivity contribution < 1.29 is 4.74 Å². The number of ether oxygens (including phenoxy) is 1. The minimum atomic E-state index is 0. The van der Waals surface area contributed by atoms with Gasteiger partial charge >= 0.3 is 0 Å². The zero-order valence-corrected chi connectivity index (χ0v) is 14.8. The molecule has 2 N–H and O–H groups in total. The Morgan fingerprint density at radius 2 is 2.30 bits per heavy atom. The number of aliphatic imine (C=N–C) groups is 1. The van der Waals surface area contributed by atoms with E-state index in [1.807, 2.05) is 18.2 Å². The van der Waals surface area contributed by atoms with Crippen molar-refractivity contribution in [2.45, 2.75) is 18.4 Å². The molecule has 0 amide bonds. The summed E-state index contributed by atoms with van der Waals surface area (Å²) in [5, 5.41) is 7.42. The zero-order valence-electron chi connectivity index (χ0n) is 11.7. The summed E-state index contributed by atoms with van der Waals surface area (Å²) in [6.07, 6.45) is 1.12. The van der Waals surface area contributed by atoms with E-state index in [2.05, 4.69) is 21.7 Å². The van der Waals surface area contributed by atoms with Crippen LogP contribution in [0.25, 0.3) is 0 Å². The second kappa shape index (κ2) is 8.69. The Balaban J connectivity index is 0.00000200. The first-order valence-corrected chi connectivity index (χ1v) is 6.84. The molecule has 1 aromatic rings. The fourth-order valence-corrected chi connectivity index (χ4v) is 2.30. The Morgan fingerprint density at radius 1 is 1.50 bits per heavy atom. The maximum Gasteiger partial charge on any atom is 0.191 e. The molecule has 0 heterocycles. The molecule has 1 aromatic carbocycles. The van der Waals surface area contributed by atoms with Gasteiger partial charge in [0.1, 0.15) is 0 Å². The number of halogens is 2. The highest BCUT2D eigenvalue weighted by Gasteiger charge is 2.39. The number of nitrogens with zero attached hydrogens (tertiary/aromatic N) is 1. The standard InChI is InChI=1S/C14H20ClN3O.HI/c1-16-14(17-6-7-19-2)18-13-9-12(13)10-4-3-5-11(15)8-10;/h3-5,8,12-13H,6-7,9H2,1-2H3,(H2,16,17,18);1H. The van der Waals surface area contributed by atoms with Crippen LogP contribution in [-0.4, -0.2) is 39.3 Å². The molecule has 0 bridgehead atoms. The minimum absolute atomic E-state index is 0. The molecule has 1 fully saturated rings. The number of methoxy groups -OCH3 is 1. The highest BCUT2D eigenvalue weighted by atomic mass is 127. The summed E-state index contributed by atoms with van der Waals surface area (Å²) in [6.45, 7) is 1.42. The molecule has 1 aliphatic rings. The molecular weight excluding hydrogens is 389 g/mol. The molecule has 6 heteroatoms. The van der Waals surface area contributed by atoms with Gasteiger partial charge in [-0.15, -0.1) is 24.0 Å². The third kappa shape index (κ3) is 5.10. The second-order valence-electron chi connectivity index (χ2n) is 4.64. The van der Waals surface area contributed by atoms with Crippen molar-refractivity contribution in [2.75, 3.05) is 27.3 Å². The van der Waals surface area contributed by atoms with Crippen molar-refractivity contribution >= 4 is 41.5 Å². The molecule has 0 spiro atoms. The maximum atomic E-state index is 6.01. The first-order valence-electron chi connectivity index (χ1n) is 6.46. The van der Waals surface area contributed by atoms with Gasteiger partial charge in [-0.3, -0.25) is 4.99 Å². The largest absolute Gasteiger partial charge is 0.383 e. The van der Waals surface area contributed by atoms with Crippen LogP contribution >= 0.6 is 35.6 Å². The van der Waals surface area contributed by atoms with Gasteiger partial charge in [0.2, 0.25) is 0 Å². The van der Waals surface area contributed by atoms with Crippen LogP contribution in [0, 0.1) is 0 Å². The molecule has 0 radical (unpaired) electrons. The van der Waals surface area contributed by atoms with Gasteiger partial charge in [-0.1, -0.05) is 23.7 Å². The predicted octanol–water partition coefficient (Wildman–Crippen LogP) is 2.63. The molecule has 2 rings (SSSR count). The molecule has 4 nitrogen and oxygen atoms in total. The van der Waals surface area contributed by atoms with Crippen LogP contribution in [0.3, 0.4) is 0 Å². The summed E-state index contributed by atoms with van der Waals surface area (Å²) < 4.78 is 5.00. The van der Waals surface area contributed by atoms with Gasteiger partial charge in [0.25, 0.3) is 0 Å². The SMILES string of the molecule is CN=C(NCCOC)NC1CC1c1cccc(Cl)c1.I. The number of benzene rings is 1. The lowest BCUT2D eigenvalue weighted by Gasteiger charge is -2.11. The monoisotopic (exact) mass is 409 g/mol. The van der Waals surface area contributed by atoms with Crippen molar-refractivity contribution in [2.24, 2.45) is 4.99 Å². The van der Waals surface area contributed by atoms with Gasteiger partial charge in [0.15, 0.2) is 5.96 Å². The lowest BCUT2D eigenvalue weighted by Crippen LogP contribution is -2.40. The van der Waals surface area contributed by atoms with Crippen LogP contribution in [-0.2, 0) is 4.74 Å². The number of rotatable bonds is 5. The van der Waals surface area contributed by atoms with E-state index < -0.39 is 0 Å². The molecule has 1 saturated carbocycles. The van der Waals surface area contributed by atoms with Crippen LogP contribution in [0.5, 0.6) is 0 Å². The lowest BCUT2D eigenvalue weighted by molar-refractivity contribution is 0.203. The Labute approximate surface area is 142 Å². The van der Waals surface area contributed by atoms with Gasteiger partial charge in [0, 0.05) is 37.7 Å². The molecule has 20 heavy (non-hydrogen) atoms. The number of hydrogen-bond acceptors (Lipinski definition) is 2. The topological polar surface area (TPSA) is 45.7 Å². The first-order chi connectivity index (χ1) is 9.24. The molecule has 2 unspecified atom stereocenters. The molecule has 112 valence electrons. The Bertz CT molecular complexity index is 456. The van der Waals surface area contributed by atoms with Gasteiger partial charge in [-0.05, 0) is 24.1 Å². The summed E-state index contributed by atoms with van der Waals surface area (Å²) in [6, 6.07) is 8.50. The van der Waals surface area contributed by atoms with E-state index in [0.29, 0.717) is 18.6 Å². The first kappa shape index (κ1) is 17.5. The highest BCUT2D eigenvalue weighted by Crippen LogP contribution is 2.41. The lowest BCUT2D eigenvalue weighted by atomic mass is 10.1. The van der Waals surface area contributed by atoms with Gasteiger partial charge in [-0.25, -0.2) is 0 Å². The molecular formula is C14H21ClIN3O. The molecule has 2 atom stereocenters. The molecule has 0 saturated heterocycles. The Hall–Kier alpha value is -0.530. The van der Waals surface area contributed by atoms with E-state index >= 15 is 0 Å². The summed E-state index contributed by atoms with van der Waals surface area (Å²) in [7, 11) is 3.47. The molecule has 1 aliphatic carbocycles. The maximum absolute atomic E-state index is 6.01. The van der Waals surface area contributed by atoms with Crippen molar-refractivity contribution in [1.82, 2.24) is 10.6 Å². The summed E-state index contributed by atoms with van der Waals surface area (Å²) in [4.78, 5) is 4.20. The van der Waals surface area contributed by atoms with Crippen LogP contribution in [0.2, 0.25) is 5.02 Å². The normalized spacial score (nSPS) is 21.1. The van der Waals surface area contributed by atoms with Crippen molar-refractivity contribution in [1.29, 1.82) is 0 Å². The summed E-state index contributed by atoms with van der Waals surface area (Å²) >= 11 is 6.01. The summed E-state index contributed by atoms with van der Waals surface area (Å²) in [5.74, 6) is 1.35. The quantitative estimate of drug-likeness (QED) is 0.340. The average Bonchev–Trinajstić information content (AvgIpc) is 3.17. The van der Waals surface area contributed by atoms with Crippen LogP contribution < -0.4 is 10.6 Å². The van der Waals surface area contributed by atoms with Gasteiger partial charge in [0.05, 0.1) is 6.61 Å². The second-order valence-corrected chi connectivity index (χ2v) is 5.08. The van der Waals surface area contributed by atoms with E-state index in [9.17, 15) is 0 Å². The smallest absolute Gasteiger partial charge is 0.191 e. The van der Waals surface area contributed by atoms with Crippen molar-refractivity contribution in [3.8, 4) is 0 Å². The Kier molecular flexibility index (Phi) is 7.61. The third-order valence-electron chi connectivity index (χ3n) is 3.21. The minimum Gasteiger partial charge on any atom is -0.383 e. The predicted molar refractivity (Wildman–Crippen MR) is 94.4 cm³/mol. The van der Waals surface area contributed by atoms with E-state index in [0.717, 1.165) is 23.9 Å². The van der Waals surface area contributed by atoms with E-state index in [4.69, 9.17) is 16.3 Å². The van der Waals surface area contributed by atoms with E-state index in [-0.39, 0.29) is 24.0 Å². The zero-order chi connectivity index (χ0) is 13.7. The summed E-state index contributed by atoms with van der Waals surface area (Å²) in [5.41, 5.74) is 1.29. The van der Waals surface area contributed by atoms with Crippen LogP contribution in [0.4, 0.5) is 0 Å². The third-order valence-corrected chi connectivity index (χ3v) is 3.45.